The van der Waals surface area contributed by atoms with Gasteiger partial charge in [0, 0.05) is 18.1 Å². The molecule has 1 rings (SSSR count). The first-order valence-corrected chi connectivity index (χ1v) is 5.49. The van der Waals surface area contributed by atoms with Crippen LogP contribution in [0.4, 0.5) is 11.4 Å². The van der Waals surface area contributed by atoms with Crippen molar-refractivity contribution in [1.29, 1.82) is 0 Å². The number of nitrogens with zero attached hydrogens (tertiary/aromatic N) is 2. The molecule has 1 atom stereocenters. The first-order chi connectivity index (χ1) is 8.19. The lowest BCUT2D eigenvalue weighted by atomic mass is 10.1. The fourth-order valence-corrected chi connectivity index (χ4v) is 1.61. The summed E-state index contributed by atoms with van der Waals surface area (Å²) >= 11 is 0. The summed E-state index contributed by atoms with van der Waals surface area (Å²) in [5.41, 5.74) is 3.50. The number of nitro benzene ring substituents is 1. The molecule has 0 aliphatic heterocycles. The minimum absolute atomic E-state index is 0.0747. The van der Waals surface area contributed by atoms with Gasteiger partial charge < -0.3 is 5.11 Å². The Morgan fingerprint density at radius 3 is 2.56 bits per heavy atom. The van der Waals surface area contributed by atoms with Crippen molar-refractivity contribution in [1.82, 2.24) is 0 Å². The summed E-state index contributed by atoms with van der Waals surface area (Å²) in [6.07, 6.45) is -0.430. The molecular formula is C11H18N3O4+. The van der Waals surface area contributed by atoms with Gasteiger partial charge in [-0.3, -0.25) is 10.1 Å². The average Bonchev–Trinajstić information content (AvgIpc) is 2.17. The lowest BCUT2D eigenvalue weighted by Crippen LogP contribution is -2.41. The third-order valence-electron chi connectivity index (χ3n) is 2.20. The van der Waals surface area contributed by atoms with E-state index in [-0.39, 0.29) is 12.1 Å². The highest BCUT2D eigenvalue weighted by molar-refractivity contribution is 5.54. The summed E-state index contributed by atoms with van der Waals surface area (Å²) in [5, 5.41) is 29.8. The lowest BCUT2D eigenvalue weighted by Gasteiger charge is -2.20. The van der Waals surface area contributed by atoms with E-state index in [1.807, 2.05) is 0 Å². The topological polar surface area (TPSA) is 95.6 Å². The van der Waals surface area contributed by atoms with Crippen LogP contribution >= 0.6 is 0 Å². The first-order valence-electron chi connectivity index (χ1n) is 5.49. The van der Waals surface area contributed by atoms with Gasteiger partial charge in [0.25, 0.3) is 5.69 Å². The predicted octanol–water partition coefficient (Wildman–Crippen LogP) is 1.31. The van der Waals surface area contributed by atoms with Crippen LogP contribution in [0.3, 0.4) is 0 Å². The van der Waals surface area contributed by atoms with E-state index >= 15 is 0 Å². The average molecular weight is 256 g/mol. The summed E-state index contributed by atoms with van der Waals surface area (Å²) in [4.78, 5) is 10.4. The lowest BCUT2D eigenvalue weighted by molar-refractivity contribution is -1.06. The number of hydrogen-bond donors (Lipinski definition) is 3. The molecule has 0 saturated carbocycles. The molecule has 1 aromatic carbocycles. The van der Waals surface area contributed by atoms with Crippen LogP contribution in [0.1, 0.15) is 12.5 Å². The highest BCUT2D eigenvalue weighted by Crippen LogP contribution is 2.25. The number of quaternary nitrogens is 1. The summed E-state index contributed by atoms with van der Waals surface area (Å²) in [5.74, 6) is 0. The molecule has 0 radical (unpaired) electrons. The van der Waals surface area contributed by atoms with Gasteiger partial charge in [0.05, 0.1) is 16.7 Å². The third-order valence-corrected chi connectivity index (χ3v) is 2.20. The Kier molecular flexibility index (Phi) is 4.23. The predicted molar refractivity (Wildman–Crippen MR) is 66.0 cm³/mol. The van der Waals surface area contributed by atoms with E-state index in [0.717, 1.165) is 0 Å². The summed E-state index contributed by atoms with van der Waals surface area (Å²) in [6.45, 7) is 1.57. The van der Waals surface area contributed by atoms with Gasteiger partial charge in [0.2, 0.25) is 0 Å². The molecule has 18 heavy (non-hydrogen) atoms. The van der Waals surface area contributed by atoms with Crippen LogP contribution in [-0.4, -0.2) is 40.2 Å². The van der Waals surface area contributed by atoms with Crippen LogP contribution in [0.5, 0.6) is 0 Å². The Bertz CT molecular complexity index is 440. The fourth-order valence-electron chi connectivity index (χ4n) is 1.61. The monoisotopic (exact) mass is 256 g/mol. The van der Waals surface area contributed by atoms with Crippen molar-refractivity contribution >= 4 is 11.4 Å². The molecule has 7 nitrogen and oxygen atoms in total. The second-order valence-electron chi connectivity index (χ2n) is 4.66. The van der Waals surface area contributed by atoms with Gasteiger partial charge in [-0.25, -0.2) is 5.43 Å². The molecule has 0 aliphatic rings. The van der Waals surface area contributed by atoms with Gasteiger partial charge in [0.15, 0.2) is 0 Å². The highest BCUT2D eigenvalue weighted by atomic mass is 16.6. The van der Waals surface area contributed by atoms with E-state index in [0.29, 0.717) is 11.3 Å². The second kappa shape index (κ2) is 5.30. The van der Waals surface area contributed by atoms with Crippen molar-refractivity contribution in [3.63, 3.8) is 0 Å². The van der Waals surface area contributed by atoms with Crippen molar-refractivity contribution in [3.05, 3.63) is 33.9 Å². The largest absolute Gasteiger partial charge is 0.393 e. The van der Waals surface area contributed by atoms with Crippen LogP contribution in [-0.2, 0) is 6.42 Å². The Labute approximate surface area is 105 Å². The number of anilines is 1. The number of nitrogens with one attached hydrogen (secondary N) is 1. The molecule has 0 saturated heterocycles. The summed E-state index contributed by atoms with van der Waals surface area (Å²) in [7, 11) is 2.96. The van der Waals surface area contributed by atoms with Crippen molar-refractivity contribution < 1.29 is 20.0 Å². The normalized spacial score (nSPS) is 13.2. The first kappa shape index (κ1) is 14.4. The number of hydrogen-bond acceptors (Lipinski definition) is 5. The maximum absolute atomic E-state index is 10.9. The molecule has 0 bridgehead atoms. The van der Waals surface area contributed by atoms with Crippen LogP contribution in [0.15, 0.2) is 18.2 Å². The molecule has 0 aliphatic carbocycles. The molecule has 1 aromatic rings. The van der Waals surface area contributed by atoms with Crippen molar-refractivity contribution in [2.75, 3.05) is 19.5 Å². The molecule has 0 heterocycles. The number of aliphatic hydroxyl groups is 1. The van der Waals surface area contributed by atoms with Crippen LogP contribution in [0.2, 0.25) is 0 Å². The van der Waals surface area contributed by atoms with Crippen LogP contribution < -0.4 is 5.43 Å². The van der Waals surface area contributed by atoms with E-state index in [9.17, 15) is 20.4 Å². The van der Waals surface area contributed by atoms with Gasteiger partial charge in [-0.05, 0) is 19.1 Å². The molecule has 0 spiro atoms. The third kappa shape index (κ3) is 4.28. The fraction of sp³-hybridized carbons (Fsp3) is 0.455. The smallest absolute Gasteiger partial charge is 0.274 e. The Balaban J connectivity index is 3.07. The number of hydroxylamine groups is 2. The quantitative estimate of drug-likeness (QED) is 0.419. The Hall–Kier alpha value is -1.70. The number of benzene rings is 1. The summed E-state index contributed by atoms with van der Waals surface area (Å²) < 4.78 is -0.535. The molecule has 0 aromatic heterocycles. The van der Waals surface area contributed by atoms with Crippen LogP contribution in [0, 0.1) is 10.1 Å². The minimum atomic E-state index is -0.646. The van der Waals surface area contributed by atoms with Gasteiger partial charge >= 0.3 is 0 Å². The maximum Gasteiger partial charge on any atom is 0.274 e. The van der Waals surface area contributed by atoms with Gasteiger partial charge in [-0.1, -0.05) is 4.76 Å². The van der Waals surface area contributed by atoms with Crippen molar-refractivity contribution in [2.45, 2.75) is 19.4 Å². The van der Waals surface area contributed by atoms with E-state index in [4.69, 9.17) is 0 Å². The van der Waals surface area contributed by atoms with E-state index < -0.39 is 15.8 Å². The standard InChI is InChI=1S/C11H18N3O4/c1-8(15)6-9-4-5-10(12-14(2,3)18)7-11(9)13(16)17/h4-5,7-8,12,15,18H,6H2,1-3H3/q+1. The molecule has 0 fully saturated rings. The van der Waals surface area contributed by atoms with Gasteiger partial charge in [-0.15, -0.1) is 0 Å². The number of nitro groups is 1. The molecule has 100 valence electrons. The number of rotatable bonds is 5. The molecular weight excluding hydrogens is 238 g/mol. The SMILES string of the molecule is CC(O)Cc1ccc(N[N+](C)(C)O)cc1[N+](=O)[O-]. The molecule has 7 heteroatoms. The van der Waals surface area contributed by atoms with Gasteiger partial charge in [-0.2, -0.15) is 5.21 Å². The molecule has 0 amide bonds. The Morgan fingerprint density at radius 1 is 1.50 bits per heavy atom. The van der Waals surface area contributed by atoms with E-state index in [2.05, 4.69) is 5.43 Å². The molecule has 3 N–H and O–H groups in total. The Morgan fingerprint density at radius 2 is 2.11 bits per heavy atom. The minimum Gasteiger partial charge on any atom is -0.393 e. The second-order valence-corrected chi connectivity index (χ2v) is 4.66. The van der Waals surface area contributed by atoms with Crippen molar-refractivity contribution in [2.24, 2.45) is 0 Å². The molecule has 1 unspecified atom stereocenters. The highest BCUT2D eigenvalue weighted by Gasteiger charge is 2.18. The zero-order valence-corrected chi connectivity index (χ0v) is 10.6. The van der Waals surface area contributed by atoms with Crippen LogP contribution in [0.25, 0.3) is 0 Å². The van der Waals surface area contributed by atoms with E-state index in [1.165, 1.54) is 20.2 Å². The van der Waals surface area contributed by atoms with E-state index in [1.54, 1.807) is 19.1 Å². The number of aliphatic hydroxyl groups excluding tert-OH is 1. The zero-order chi connectivity index (χ0) is 13.9. The zero-order valence-electron chi connectivity index (χ0n) is 10.6. The van der Waals surface area contributed by atoms with Gasteiger partial charge in [0.1, 0.15) is 14.1 Å². The van der Waals surface area contributed by atoms with Crippen molar-refractivity contribution in [3.8, 4) is 0 Å². The maximum atomic E-state index is 10.9. The summed E-state index contributed by atoms with van der Waals surface area (Å²) in [6, 6.07) is 4.54.